The smallest absolute Gasteiger partial charge is 0.348 e. The maximum absolute atomic E-state index is 12.1. The number of esters is 1. The largest absolute Gasteiger partial charge is 0.457 e. The number of hydrogen-bond acceptors (Lipinski definition) is 5. The Morgan fingerprint density at radius 2 is 1.96 bits per heavy atom. The summed E-state index contributed by atoms with van der Waals surface area (Å²) in [5.74, 6) is -0.397. The summed E-state index contributed by atoms with van der Waals surface area (Å²) >= 11 is 1.32. The van der Waals surface area contributed by atoms with E-state index < -0.39 is 11.6 Å². The summed E-state index contributed by atoms with van der Waals surface area (Å²) < 4.78 is 10.7. The molecule has 0 fully saturated rings. The summed E-state index contributed by atoms with van der Waals surface area (Å²) in [6.45, 7) is 0.0207. The number of fused-ring (bicyclic) bond motifs is 3. The lowest BCUT2D eigenvalue weighted by Gasteiger charge is -2.09. The fourth-order valence-electron chi connectivity index (χ4n) is 2.74. The zero-order chi connectivity index (χ0) is 16.5. The molecule has 5 heteroatoms. The number of rotatable bonds is 3. The first-order valence-electron chi connectivity index (χ1n) is 7.37. The molecule has 4 rings (SSSR count). The third-order valence-corrected chi connectivity index (χ3v) is 4.65. The molecule has 4 nitrogen and oxygen atoms in total. The van der Waals surface area contributed by atoms with Crippen molar-refractivity contribution in [3.63, 3.8) is 0 Å². The average Bonchev–Trinajstić information content (AvgIpc) is 3.13. The van der Waals surface area contributed by atoms with Crippen LogP contribution in [0.25, 0.3) is 21.7 Å². The quantitative estimate of drug-likeness (QED) is 0.317. The molecule has 0 aliphatic heterocycles. The second-order valence-electron chi connectivity index (χ2n) is 5.30. The van der Waals surface area contributed by atoms with E-state index in [0.29, 0.717) is 16.0 Å². The van der Waals surface area contributed by atoms with Crippen molar-refractivity contribution in [2.24, 2.45) is 0 Å². The Morgan fingerprint density at radius 1 is 1.08 bits per heavy atom. The van der Waals surface area contributed by atoms with Crippen molar-refractivity contribution in [3.05, 3.63) is 80.8 Å². The van der Waals surface area contributed by atoms with Gasteiger partial charge in [-0.15, -0.1) is 11.3 Å². The summed E-state index contributed by atoms with van der Waals surface area (Å²) in [6, 6.07) is 16.4. The number of carbonyl (C=O) groups is 1. The molecule has 0 radical (unpaired) electrons. The molecule has 0 unspecified atom stereocenters. The van der Waals surface area contributed by atoms with Crippen molar-refractivity contribution in [2.45, 2.75) is 6.61 Å². The summed E-state index contributed by atoms with van der Waals surface area (Å²) in [7, 11) is 0. The molecule has 0 saturated carbocycles. The van der Waals surface area contributed by atoms with E-state index in [1.54, 1.807) is 18.2 Å². The number of hydrogen-bond donors (Lipinski definition) is 0. The van der Waals surface area contributed by atoms with Crippen molar-refractivity contribution in [1.82, 2.24) is 0 Å². The molecule has 2 aromatic carbocycles. The standard InChI is InChI=1S/C19H12O4S/c20-17-10-13(11-22-19(21)16-6-3-9-24-16)18-14-5-2-1-4-12(14)7-8-15(18)23-17/h1-10H,11H2. The lowest BCUT2D eigenvalue weighted by atomic mass is 10.0. The lowest BCUT2D eigenvalue weighted by molar-refractivity contribution is 0.0479. The van der Waals surface area contributed by atoms with Crippen molar-refractivity contribution in [2.75, 3.05) is 0 Å². The van der Waals surface area contributed by atoms with Crippen LogP contribution in [-0.4, -0.2) is 5.97 Å². The molecular formula is C19H12O4S. The van der Waals surface area contributed by atoms with Gasteiger partial charge < -0.3 is 9.15 Å². The first-order chi connectivity index (χ1) is 11.7. The predicted molar refractivity (Wildman–Crippen MR) is 93.4 cm³/mol. The van der Waals surface area contributed by atoms with Crippen LogP contribution in [-0.2, 0) is 11.3 Å². The molecule has 0 aliphatic rings. The molecular weight excluding hydrogens is 324 g/mol. The van der Waals surface area contributed by atoms with Gasteiger partial charge in [-0.3, -0.25) is 0 Å². The zero-order valence-corrected chi connectivity index (χ0v) is 13.3. The third kappa shape index (κ3) is 2.59. The van der Waals surface area contributed by atoms with Gasteiger partial charge in [-0.1, -0.05) is 36.4 Å². The second kappa shape index (κ2) is 5.94. The summed E-state index contributed by atoms with van der Waals surface area (Å²) in [4.78, 5) is 24.4. The lowest BCUT2D eigenvalue weighted by Crippen LogP contribution is -2.07. The molecule has 0 bridgehead atoms. The van der Waals surface area contributed by atoms with Gasteiger partial charge in [-0.2, -0.15) is 0 Å². The van der Waals surface area contributed by atoms with E-state index in [1.165, 1.54) is 17.4 Å². The average molecular weight is 336 g/mol. The number of benzene rings is 2. The molecule has 2 heterocycles. The Balaban J connectivity index is 1.80. The SMILES string of the molecule is O=C(OCc1cc(=O)oc2ccc3ccccc3c12)c1cccs1. The maximum Gasteiger partial charge on any atom is 0.348 e. The number of thiophene rings is 1. The molecule has 0 saturated heterocycles. The second-order valence-corrected chi connectivity index (χ2v) is 6.25. The van der Waals surface area contributed by atoms with E-state index in [0.717, 1.165) is 16.2 Å². The monoisotopic (exact) mass is 336 g/mol. The van der Waals surface area contributed by atoms with Gasteiger partial charge in [0.15, 0.2) is 0 Å². The fourth-order valence-corrected chi connectivity index (χ4v) is 3.36. The van der Waals surface area contributed by atoms with Crippen LogP contribution in [0.4, 0.5) is 0 Å². The minimum absolute atomic E-state index is 0.0207. The van der Waals surface area contributed by atoms with E-state index in [1.807, 2.05) is 35.7 Å². The van der Waals surface area contributed by atoms with Gasteiger partial charge in [0.2, 0.25) is 0 Å². The summed E-state index contributed by atoms with van der Waals surface area (Å²) in [5.41, 5.74) is 0.672. The molecule has 24 heavy (non-hydrogen) atoms. The molecule has 0 aliphatic carbocycles. The van der Waals surface area contributed by atoms with Crippen LogP contribution in [0.15, 0.2) is 69.2 Å². The topological polar surface area (TPSA) is 56.5 Å². The molecule has 0 amide bonds. The highest BCUT2D eigenvalue weighted by Gasteiger charge is 2.13. The van der Waals surface area contributed by atoms with E-state index >= 15 is 0 Å². The first-order valence-corrected chi connectivity index (χ1v) is 8.25. The van der Waals surface area contributed by atoms with Gasteiger partial charge in [0.1, 0.15) is 17.1 Å². The van der Waals surface area contributed by atoms with E-state index in [-0.39, 0.29) is 6.61 Å². The number of carbonyl (C=O) groups excluding carboxylic acids is 1. The third-order valence-electron chi connectivity index (χ3n) is 3.80. The molecule has 0 atom stereocenters. The zero-order valence-electron chi connectivity index (χ0n) is 12.5. The van der Waals surface area contributed by atoms with Crippen LogP contribution in [0.1, 0.15) is 15.2 Å². The Bertz CT molecular complexity index is 1090. The van der Waals surface area contributed by atoms with Gasteiger partial charge in [-0.25, -0.2) is 9.59 Å². The van der Waals surface area contributed by atoms with Crippen LogP contribution in [0.5, 0.6) is 0 Å². The highest BCUT2D eigenvalue weighted by atomic mass is 32.1. The van der Waals surface area contributed by atoms with Gasteiger partial charge in [0.05, 0.1) is 0 Å². The normalized spacial score (nSPS) is 11.0. The Kier molecular flexibility index (Phi) is 3.63. The van der Waals surface area contributed by atoms with Crippen LogP contribution in [0.3, 0.4) is 0 Å². The van der Waals surface area contributed by atoms with Crippen LogP contribution in [0, 0.1) is 0 Å². The first kappa shape index (κ1) is 14.7. The van der Waals surface area contributed by atoms with Gasteiger partial charge in [-0.05, 0) is 28.3 Å². The molecule has 0 N–H and O–H groups in total. The Hall–Kier alpha value is -2.92. The highest BCUT2D eigenvalue weighted by Crippen LogP contribution is 2.28. The molecule has 118 valence electrons. The molecule has 2 aromatic heterocycles. The van der Waals surface area contributed by atoms with Crippen LogP contribution < -0.4 is 5.63 Å². The van der Waals surface area contributed by atoms with Crippen molar-refractivity contribution >= 4 is 39.0 Å². The van der Waals surface area contributed by atoms with Crippen molar-refractivity contribution in [1.29, 1.82) is 0 Å². The van der Waals surface area contributed by atoms with Gasteiger partial charge >= 0.3 is 11.6 Å². The van der Waals surface area contributed by atoms with E-state index in [2.05, 4.69) is 0 Å². The summed E-state index contributed by atoms with van der Waals surface area (Å²) in [6.07, 6.45) is 0. The number of ether oxygens (including phenoxy) is 1. The highest BCUT2D eigenvalue weighted by molar-refractivity contribution is 7.11. The fraction of sp³-hybridized carbons (Fsp3) is 0.0526. The molecule has 0 spiro atoms. The van der Waals surface area contributed by atoms with Crippen molar-refractivity contribution in [3.8, 4) is 0 Å². The molecule has 4 aromatic rings. The van der Waals surface area contributed by atoms with Crippen molar-refractivity contribution < 1.29 is 13.9 Å². The van der Waals surface area contributed by atoms with Crippen LogP contribution in [0.2, 0.25) is 0 Å². The Labute approximate surface area is 140 Å². The minimum Gasteiger partial charge on any atom is -0.457 e. The minimum atomic E-state index is -0.458. The van der Waals surface area contributed by atoms with Gasteiger partial charge in [0, 0.05) is 17.0 Å². The Morgan fingerprint density at radius 3 is 2.79 bits per heavy atom. The predicted octanol–water partition coefficient (Wildman–Crippen LogP) is 4.36. The van der Waals surface area contributed by atoms with Gasteiger partial charge in [0.25, 0.3) is 0 Å². The summed E-state index contributed by atoms with van der Waals surface area (Å²) in [5, 5.41) is 4.61. The maximum atomic E-state index is 12.1. The van der Waals surface area contributed by atoms with E-state index in [9.17, 15) is 9.59 Å². The van der Waals surface area contributed by atoms with E-state index in [4.69, 9.17) is 9.15 Å². The van der Waals surface area contributed by atoms with Crippen LogP contribution >= 0.6 is 11.3 Å².